The lowest BCUT2D eigenvalue weighted by atomic mass is 10.1. The van der Waals surface area contributed by atoms with Gasteiger partial charge in [0.1, 0.15) is 17.0 Å². The third kappa shape index (κ3) is 3.63. The van der Waals surface area contributed by atoms with Crippen LogP contribution in [0.4, 0.5) is 0 Å². The van der Waals surface area contributed by atoms with Gasteiger partial charge in [0.05, 0.1) is 20.8 Å². The maximum absolute atomic E-state index is 12.2. The average Bonchev–Trinajstić information content (AvgIpc) is 3.26. The van der Waals surface area contributed by atoms with Crippen LogP contribution in [0.25, 0.3) is 11.3 Å². The first-order valence-electron chi connectivity index (χ1n) is 7.56. The summed E-state index contributed by atoms with van der Waals surface area (Å²) in [5, 5.41) is 10.8. The fourth-order valence-corrected chi connectivity index (χ4v) is 2.33. The second kappa shape index (κ2) is 7.08. The maximum Gasteiger partial charge on any atom is 0.258 e. The van der Waals surface area contributed by atoms with Crippen LogP contribution < -0.4 is 14.8 Å². The van der Waals surface area contributed by atoms with Gasteiger partial charge in [-0.05, 0) is 24.3 Å². The van der Waals surface area contributed by atoms with Gasteiger partial charge in [-0.1, -0.05) is 5.16 Å². The second-order valence-electron chi connectivity index (χ2n) is 5.32. The normalized spacial score (nSPS) is 10.5. The number of rotatable bonds is 6. The Morgan fingerprint density at radius 1 is 1.24 bits per heavy atom. The fraction of sp³-hybridized carbons (Fsp3) is 0.235. The zero-order chi connectivity index (χ0) is 17.8. The average molecular weight is 342 g/mol. The van der Waals surface area contributed by atoms with Crippen molar-refractivity contribution in [1.82, 2.24) is 20.3 Å². The minimum absolute atomic E-state index is 0.233. The van der Waals surface area contributed by atoms with Crippen molar-refractivity contribution in [2.45, 2.75) is 6.54 Å². The SMILES string of the molecule is COc1ccc(-c2cc(CNC(=O)c3cn(C)nc3OC)no2)cc1. The van der Waals surface area contributed by atoms with Crippen molar-refractivity contribution in [3.8, 4) is 23.0 Å². The van der Waals surface area contributed by atoms with Crippen LogP contribution in [0.2, 0.25) is 0 Å². The van der Waals surface area contributed by atoms with Gasteiger partial charge in [-0.25, -0.2) is 0 Å². The summed E-state index contributed by atoms with van der Waals surface area (Å²) < 4.78 is 17.1. The van der Waals surface area contributed by atoms with Crippen LogP contribution in [-0.4, -0.2) is 35.1 Å². The van der Waals surface area contributed by atoms with Crippen LogP contribution >= 0.6 is 0 Å². The summed E-state index contributed by atoms with van der Waals surface area (Å²) in [4.78, 5) is 12.2. The van der Waals surface area contributed by atoms with Crippen LogP contribution in [0.1, 0.15) is 16.1 Å². The van der Waals surface area contributed by atoms with Crippen molar-refractivity contribution in [1.29, 1.82) is 0 Å². The standard InChI is InChI=1S/C17H18N4O4/c1-21-10-14(17(19-21)24-3)16(22)18-9-12-8-15(25-20-12)11-4-6-13(23-2)7-5-11/h4-8,10H,9H2,1-3H3,(H,18,22). The molecule has 1 N–H and O–H groups in total. The highest BCUT2D eigenvalue weighted by molar-refractivity contribution is 5.96. The van der Waals surface area contributed by atoms with Gasteiger partial charge in [0.25, 0.3) is 5.91 Å². The monoisotopic (exact) mass is 342 g/mol. The molecule has 0 saturated carbocycles. The number of nitrogens with one attached hydrogen (secondary N) is 1. The van der Waals surface area contributed by atoms with E-state index in [1.807, 2.05) is 24.3 Å². The number of ether oxygens (including phenoxy) is 2. The van der Waals surface area contributed by atoms with E-state index in [0.717, 1.165) is 11.3 Å². The smallest absolute Gasteiger partial charge is 0.258 e. The molecule has 0 saturated heterocycles. The molecule has 0 spiro atoms. The first-order chi connectivity index (χ1) is 12.1. The Morgan fingerprint density at radius 2 is 2.00 bits per heavy atom. The molecule has 3 aromatic rings. The van der Waals surface area contributed by atoms with Gasteiger partial charge in [-0.3, -0.25) is 9.48 Å². The number of nitrogens with zero attached hydrogens (tertiary/aromatic N) is 3. The molecular weight excluding hydrogens is 324 g/mol. The molecule has 130 valence electrons. The molecule has 25 heavy (non-hydrogen) atoms. The molecule has 0 aliphatic heterocycles. The lowest BCUT2D eigenvalue weighted by Gasteiger charge is -2.02. The molecule has 0 bridgehead atoms. The van der Waals surface area contributed by atoms with Gasteiger partial charge in [0.2, 0.25) is 5.88 Å². The molecule has 1 aromatic carbocycles. The minimum atomic E-state index is -0.293. The summed E-state index contributed by atoms with van der Waals surface area (Å²) in [5.41, 5.74) is 1.85. The summed E-state index contributed by atoms with van der Waals surface area (Å²) in [5.74, 6) is 1.37. The van der Waals surface area contributed by atoms with Gasteiger partial charge >= 0.3 is 0 Å². The summed E-state index contributed by atoms with van der Waals surface area (Å²) in [6.07, 6.45) is 1.60. The van der Waals surface area contributed by atoms with E-state index in [-0.39, 0.29) is 18.3 Å². The lowest BCUT2D eigenvalue weighted by Crippen LogP contribution is -2.23. The molecule has 8 heteroatoms. The van der Waals surface area contributed by atoms with E-state index in [0.29, 0.717) is 17.0 Å². The molecule has 0 unspecified atom stereocenters. The highest BCUT2D eigenvalue weighted by Gasteiger charge is 2.16. The molecular formula is C17H18N4O4. The van der Waals surface area contributed by atoms with E-state index in [1.54, 1.807) is 26.4 Å². The van der Waals surface area contributed by atoms with Gasteiger partial charge in [0, 0.05) is 24.9 Å². The zero-order valence-electron chi connectivity index (χ0n) is 14.1. The first-order valence-corrected chi connectivity index (χ1v) is 7.56. The summed E-state index contributed by atoms with van der Waals surface area (Å²) in [7, 11) is 4.80. The summed E-state index contributed by atoms with van der Waals surface area (Å²) >= 11 is 0. The number of carbonyl (C=O) groups excluding carboxylic acids is 1. The topological polar surface area (TPSA) is 91.4 Å². The molecule has 1 amide bonds. The number of benzene rings is 1. The van der Waals surface area contributed by atoms with Crippen LogP contribution in [0.3, 0.4) is 0 Å². The van der Waals surface area contributed by atoms with Gasteiger partial charge in [-0.2, -0.15) is 0 Å². The molecule has 0 fully saturated rings. The predicted molar refractivity (Wildman–Crippen MR) is 89.4 cm³/mol. The number of hydrogen-bond acceptors (Lipinski definition) is 6. The van der Waals surface area contributed by atoms with Crippen molar-refractivity contribution < 1.29 is 18.8 Å². The summed E-state index contributed by atoms with van der Waals surface area (Å²) in [6.45, 7) is 0.233. The minimum Gasteiger partial charge on any atom is -0.497 e. The fourth-order valence-electron chi connectivity index (χ4n) is 2.33. The molecule has 2 heterocycles. The molecule has 2 aromatic heterocycles. The Kier molecular flexibility index (Phi) is 4.69. The number of amides is 1. The van der Waals surface area contributed by atoms with Gasteiger partial charge in [0.15, 0.2) is 5.76 Å². The molecule has 0 aliphatic rings. The Morgan fingerprint density at radius 3 is 2.68 bits per heavy atom. The quantitative estimate of drug-likeness (QED) is 0.737. The molecule has 0 aliphatic carbocycles. The molecule has 8 nitrogen and oxygen atoms in total. The van der Waals surface area contributed by atoms with E-state index in [9.17, 15) is 4.79 Å². The van der Waals surface area contributed by atoms with Crippen molar-refractivity contribution >= 4 is 5.91 Å². The number of carbonyl (C=O) groups is 1. The highest BCUT2D eigenvalue weighted by atomic mass is 16.5. The maximum atomic E-state index is 12.2. The van der Waals surface area contributed by atoms with Crippen molar-refractivity contribution in [2.24, 2.45) is 7.05 Å². The van der Waals surface area contributed by atoms with Crippen molar-refractivity contribution in [2.75, 3.05) is 14.2 Å². The Hall–Kier alpha value is -3.29. The van der Waals surface area contributed by atoms with Crippen LogP contribution in [0.5, 0.6) is 11.6 Å². The van der Waals surface area contributed by atoms with Crippen LogP contribution in [0, 0.1) is 0 Å². The molecule has 0 radical (unpaired) electrons. The number of methoxy groups -OCH3 is 2. The van der Waals surface area contributed by atoms with Crippen molar-refractivity contribution in [3.05, 3.63) is 47.8 Å². The van der Waals surface area contributed by atoms with E-state index in [1.165, 1.54) is 11.8 Å². The van der Waals surface area contributed by atoms with E-state index in [2.05, 4.69) is 15.6 Å². The molecule has 3 rings (SSSR count). The third-order valence-electron chi connectivity index (χ3n) is 3.60. The van der Waals surface area contributed by atoms with Crippen LogP contribution in [0.15, 0.2) is 41.1 Å². The van der Waals surface area contributed by atoms with Gasteiger partial charge in [-0.15, -0.1) is 5.10 Å². The largest absolute Gasteiger partial charge is 0.497 e. The van der Waals surface area contributed by atoms with Gasteiger partial charge < -0.3 is 19.3 Å². The molecule has 0 atom stereocenters. The first kappa shape index (κ1) is 16.6. The van der Waals surface area contributed by atoms with E-state index >= 15 is 0 Å². The zero-order valence-corrected chi connectivity index (χ0v) is 14.1. The van der Waals surface area contributed by atoms with E-state index < -0.39 is 0 Å². The number of aryl methyl sites for hydroxylation is 1. The number of hydrogen-bond donors (Lipinski definition) is 1. The Labute approximate surface area is 144 Å². The second-order valence-corrected chi connectivity index (χ2v) is 5.32. The Bertz CT molecular complexity index is 867. The van der Waals surface area contributed by atoms with Crippen molar-refractivity contribution in [3.63, 3.8) is 0 Å². The predicted octanol–water partition coefficient (Wildman–Crippen LogP) is 2.02. The van der Waals surface area contributed by atoms with E-state index in [4.69, 9.17) is 14.0 Å². The third-order valence-corrected chi connectivity index (χ3v) is 3.60. The summed E-state index contributed by atoms with van der Waals surface area (Å²) in [6, 6.07) is 9.22. The highest BCUT2D eigenvalue weighted by Crippen LogP contribution is 2.23. The Balaban J connectivity index is 1.66. The van der Waals surface area contributed by atoms with Crippen LogP contribution in [-0.2, 0) is 13.6 Å². The lowest BCUT2D eigenvalue weighted by molar-refractivity contribution is 0.0947. The number of aromatic nitrogens is 3.